The summed E-state index contributed by atoms with van der Waals surface area (Å²) in [4.78, 5) is 0. The monoisotopic (exact) mass is 435 g/mol. The zero-order chi connectivity index (χ0) is 21.5. The third kappa shape index (κ3) is 3.91. The van der Waals surface area contributed by atoms with Gasteiger partial charge in [0.25, 0.3) is 0 Å². The number of halogens is 3. The number of rotatable bonds is 5. The van der Waals surface area contributed by atoms with Gasteiger partial charge in [0.15, 0.2) is 0 Å². The van der Waals surface area contributed by atoms with Crippen LogP contribution in [-0.4, -0.2) is 15.0 Å². The average molecular weight is 435 g/mol. The number of nitrogens with two attached hydrogens (primary N) is 1. The van der Waals surface area contributed by atoms with Gasteiger partial charge in [-0.25, -0.2) is 17.9 Å². The zero-order valence-corrected chi connectivity index (χ0v) is 16.2. The first-order valence-electron chi connectivity index (χ1n) is 8.84. The summed E-state index contributed by atoms with van der Waals surface area (Å²) in [5.41, 5.74) is 0.365. The Morgan fingerprint density at radius 1 is 0.967 bits per heavy atom. The molecule has 1 aliphatic heterocycles. The Morgan fingerprint density at radius 2 is 1.67 bits per heavy atom. The molecule has 0 saturated carbocycles. The molecule has 0 bridgehead atoms. The molecule has 1 heterocycles. The van der Waals surface area contributed by atoms with Gasteiger partial charge in [0.1, 0.15) is 17.7 Å². The highest BCUT2D eigenvalue weighted by Crippen LogP contribution is 2.46. The van der Waals surface area contributed by atoms with Crippen molar-refractivity contribution in [1.29, 1.82) is 0 Å². The van der Waals surface area contributed by atoms with E-state index in [0.29, 0.717) is 28.0 Å². The van der Waals surface area contributed by atoms with Crippen LogP contribution in [0.3, 0.4) is 0 Å². The van der Waals surface area contributed by atoms with Gasteiger partial charge >= 0.3 is 6.61 Å². The Bertz CT molecular complexity index is 1190. The molecule has 0 fully saturated rings. The summed E-state index contributed by atoms with van der Waals surface area (Å²) in [6.45, 7) is -3.34. The first-order chi connectivity index (χ1) is 14.2. The van der Waals surface area contributed by atoms with Crippen molar-refractivity contribution in [3.8, 4) is 16.9 Å². The highest BCUT2D eigenvalue weighted by molar-refractivity contribution is 7.89. The van der Waals surface area contributed by atoms with E-state index in [9.17, 15) is 21.6 Å². The largest absolute Gasteiger partial charge is 0.480 e. The van der Waals surface area contributed by atoms with Crippen LogP contribution in [-0.2, 0) is 14.8 Å². The molecule has 0 spiro atoms. The van der Waals surface area contributed by atoms with Crippen molar-refractivity contribution >= 4 is 10.0 Å². The van der Waals surface area contributed by atoms with Crippen molar-refractivity contribution in [2.75, 3.05) is 0 Å². The maximum absolute atomic E-state index is 13.8. The molecule has 3 aromatic carbocycles. The topological polar surface area (TPSA) is 78.6 Å². The molecule has 2 atom stereocenters. The van der Waals surface area contributed by atoms with Crippen LogP contribution in [0, 0.1) is 5.82 Å². The Kier molecular flexibility index (Phi) is 5.27. The van der Waals surface area contributed by atoms with Crippen molar-refractivity contribution in [1.82, 2.24) is 0 Å². The first-order valence-corrected chi connectivity index (χ1v) is 10.5. The van der Waals surface area contributed by atoms with Gasteiger partial charge in [-0.3, -0.25) is 4.74 Å². The molecule has 156 valence electrons. The van der Waals surface area contributed by atoms with Crippen LogP contribution < -0.4 is 9.88 Å². The van der Waals surface area contributed by atoms with E-state index >= 15 is 0 Å². The SMILES string of the molecule is NS(=O)(=O)C(OC(F)F)c1ccc2c(c1)C(c1ccccc1)Oc1cc(F)ccc1-2. The second-order valence-corrected chi connectivity index (χ2v) is 8.32. The Labute approximate surface area is 170 Å². The second kappa shape index (κ2) is 7.75. The molecule has 5 nitrogen and oxygen atoms in total. The van der Waals surface area contributed by atoms with Crippen LogP contribution >= 0.6 is 0 Å². The highest BCUT2D eigenvalue weighted by atomic mass is 32.2. The van der Waals surface area contributed by atoms with Gasteiger partial charge in [0, 0.05) is 17.2 Å². The molecule has 0 saturated heterocycles. The minimum Gasteiger partial charge on any atom is -0.480 e. The molecule has 3 aromatic rings. The number of primary sulfonamides is 1. The number of hydrogen-bond acceptors (Lipinski definition) is 4. The summed E-state index contributed by atoms with van der Waals surface area (Å²) in [5.74, 6) is -0.156. The molecule has 0 radical (unpaired) electrons. The van der Waals surface area contributed by atoms with Gasteiger partial charge in [-0.1, -0.05) is 42.5 Å². The van der Waals surface area contributed by atoms with Crippen molar-refractivity contribution in [3.63, 3.8) is 0 Å². The molecule has 2 unspecified atom stereocenters. The van der Waals surface area contributed by atoms with Crippen LogP contribution in [0.15, 0.2) is 66.7 Å². The van der Waals surface area contributed by atoms with E-state index in [1.54, 1.807) is 30.3 Å². The molecule has 0 aliphatic carbocycles. The number of ether oxygens (including phenoxy) is 2. The van der Waals surface area contributed by atoms with E-state index in [4.69, 9.17) is 9.88 Å². The predicted octanol–water partition coefficient (Wildman–Crippen LogP) is 4.50. The first kappa shape index (κ1) is 20.4. The van der Waals surface area contributed by atoms with Crippen molar-refractivity contribution in [2.24, 2.45) is 5.14 Å². The highest BCUT2D eigenvalue weighted by Gasteiger charge is 2.32. The fraction of sp³-hybridized carbons (Fsp3) is 0.143. The second-order valence-electron chi connectivity index (χ2n) is 6.71. The molecule has 2 N–H and O–H groups in total. The lowest BCUT2D eigenvalue weighted by molar-refractivity contribution is -0.142. The predicted molar refractivity (Wildman–Crippen MR) is 104 cm³/mol. The minimum absolute atomic E-state index is 0.0633. The molecular weight excluding hydrogens is 419 g/mol. The third-order valence-corrected chi connectivity index (χ3v) is 5.72. The summed E-state index contributed by atoms with van der Waals surface area (Å²) in [6.07, 6.45) is -0.719. The molecule has 0 aromatic heterocycles. The van der Waals surface area contributed by atoms with Gasteiger partial charge in [0.05, 0.1) is 0 Å². The number of hydrogen-bond donors (Lipinski definition) is 1. The van der Waals surface area contributed by atoms with E-state index in [2.05, 4.69) is 4.74 Å². The summed E-state index contributed by atoms with van der Waals surface area (Å²) < 4.78 is 73.4. The quantitative estimate of drug-likeness (QED) is 0.640. The lowest BCUT2D eigenvalue weighted by atomic mass is 9.88. The fourth-order valence-corrected chi connectivity index (χ4v) is 4.28. The van der Waals surface area contributed by atoms with E-state index in [1.165, 1.54) is 30.3 Å². The molecule has 9 heteroatoms. The smallest absolute Gasteiger partial charge is 0.346 e. The maximum atomic E-state index is 13.8. The number of alkyl halides is 2. The van der Waals surface area contributed by atoms with Gasteiger partial charge in [-0.05, 0) is 34.9 Å². The minimum atomic E-state index is -4.48. The lowest BCUT2D eigenvalue weighted by Gasteiger charge is -2.30. The zero-order valence-electron chi connectivity index (χ0n) is 15.3. The molecular formula is C21H16F3NO4S. The standard InChI is InChI=1S/C21H16F3NO4S/c22-14-7-9-16-15-8-6-13(20(29-21(23)24)30(25,26)27)10-17(15)19(28-18(16)11-14)12-4-2-1-3-5-12/h1-11,19-21H,(H2,25,26,27). The summed E-state index contributed by atoms with van der Waals surface area (Å²) in [7, 11) is -4.48. The Morgan fingerprint density at radius 3 is 2.33 bits per heavy atom. The third-order valence-electron chi connectivity index (χ3n) is 4.74. The van der Waals surface area contributed by atoms with Crippen LogP contribution in [0.25, 0.3) is 11.1 Å². The van der Waals surface area contributed by atoms with Gasteiger partial charge < -0.3 is 4.74 Å². The van der Waals surface area contributed by atoms with Gasteiger partial charge in [-0.15, -0.1) is 0 Å². The van der Waals surface area contributed by atoms with E-state index in [1.807, 2.05) is 6.07 Å². The van der Waals surface area contributed by atoms with Crippen LogP contribution in [0.4, 0.5) is 13.2 Å². The number of sulfonamides is 1. The summed E-state index contributed by atoms with van der Waals surface area (Å²) in [6, 6.07) is 17.4. The molecule has 0 amide bonds. The van der Waals surface area contributed by atoms with E-state index in [0.717, 1.165) is 0 Å². The normalized spacial score (nSPS) is 16.5. The lowest BCUT2D eigenvalue weighted by Crippen LogP contribution is -2.26. The number of benzene rings is 3. The summed E-state index contributed by atoms with van der Waals surface area (Å²) in [5, 5.41) is 5.12. The Hall–Kier alpha value is -2.88. The molecule has 1 aliphatic rings. The van der Waals surface area contributed by atoms with Crippen molar-refractivity contribution in [2.45, 2.75) is 18.2 Å². The maximum Gasteiger partial charge on any atom is 0.346 e. The summed E-state index contributed by atoms with van der Waals surface area (Å²) >= 11 is 0. The molecule has 4 rings (SSSR count). The van der Waals surface area contributed by atoms with Crippen molar-refractivity contribution in [3.05, 3.63) is 89.2 Å². The van der Waals surface area contributed by atoms with Gasteiger partial charge in [-0.2, -0.15) is 8.78 Å². The van der Waals surface area contributed by atoms with Gasteiger partial charge in [0.2, 0.25) is 15.5 Å². The Balaban J connectivity index is 1.90. The average Bonchev–Trinajstić information content (AvgIpc) is 2.70. The fourth-order valence-electron chi connectivity index (χ4n) is 3.51. The van der Waals surface area contributed by atoms with Crippen LogP contribution in [0.2, 0.25) is 0 Å². The number of fused-ring (bicyclic) bond motifs is 3. The van der Waals surface area contributed by atoms with E-state index < -0.39 is 34.0 Å². The van der Waals surface area contributed by atoms with Crippen LogP contribution in [0.1, 0.15) is 28.2 Å². The molecule has 30 heavy (non-hydrogen) atoms. The van der Waals surface area contributed by atoms with E-state index in [-0.39, 0.29) is 5.56 Å². The van der Waals surface area contributed by atoms with Crippen LogP contribution in [0.5, 0.6) is 5.75 Å². The van der Waals surface area contributed by atoms with Crippen molar-refractivity contribution < 1.29 is 31.1 Å².